The van der Waals surface area contributed by atoms with Crippen LogP contribution >= 0.6 is 0 Å². The molecule has 0 saturated heterocycles. The van der Waals surface area contributed by atoms with Crippen molar-refractivity contribution in [1.82, 2.24) is 9.13 Å². The van der Waals surface area contributed by atoms with Gasteiger partial charge in [0.25, 0.3) is 0 Å². The molecule has 0 unspecified atom stereocenters. The summed E-state index contributed by atoms with van der Waals surface area (Å²) in [6, 6.07) is 66.9. The second-order valence-electron chi connectivity index (χ2n) is 13.2. The van der Waals surface area contributed by atoms with Crippen molar-refractivity contribution in [1.29, 1.82) is 0 Å². The molecule has 8 aromatic carbocycles. The van der Waals surface area contributed by atoms with Crippen LogP contribution in [0.25, 0.3) is 66.1 Å². The molecule has 0 aliphatic rings. The molecule has 4 heteroatoms. The number of nitrogens with zero attached hydrogens (tertiary/aromatic N) is 3. The Balaban J connectivity index is 1.09. The lowest BCUT2D eigenvalue weighted by Gasteiger charge is -2.25. The molecule has 52 heavy (non-hydrogen) atoms. The number of hydrogen-bond acceptors (Lipinski definition) is 1. The van der Waals surface area contributed by atoms with E-state index in [-0.39, 0.29) is 5.82 Å². The van der Waals surface area contributed by atoms with Gasteiger partial charge in [-0.1, -0.05) is 91.0 Å². The summed E-state index contributed by atoms with van der Waals surface area (Å²) >= 11 is 0. The quantitative estimate of drug-likeness (QED) is 0.172. The summed E-state index contributed by atoms with van der Waals surface area (Å²) in [4.78, 5) is 2.08. The van der Waals surface area contributed by atoms with Crippen molar-refractivity contribution in [3.05, 3.63) is 200 Å². The van der Waals surface area contributed by atoms with Crippen LogP contribution < -0.4 is 4.90 Å². The van der Waals surface area contributed by atoms with Crippen LogP contribution in [0, 0.1) is 5.82 Å². The van der Waals surface area contributed by atoms with E-state index in [0.717, 1.165) is 39.5 Å². The van der Waals surface area contributed by atoms with Crippen LogP contribution in [0.2, 0.25) is 0 Å². The van der Waals surface area contributed by atoms with Crippen molar-refractivity contribution in [3.63, 3.8) is 0 Å². The van der Waals surface area contributed by atoms with Crippen molar-refractivity contribution in [3.8, 4) is 22.5 Å². The number of fused-ring (bicyclic) bond motifs is 6. The highest BCUT2D eigenvalue weighted by Gasteiger charge is 2.17. The van der Waals surface area contributed by atoms with Gasteiger partial charge < -0.3 is 14.0 Å². The van der Waals surface area contributed by atoms with Gasteiger partial charge in [-0.25, -0.2) is 4.39 Å². The van der Waals surface area contributed by atoms with E-state index >= 15 is 0 Å². The van der Waals surface area contributed by atoms with E-state index in [9.17, 15) is 4.39 Å². The van der Waals surface area contributed by atoms with Crippen LogP contribution in [0.3, 0.4) is 0 Å². The third-order valence-corrected chi connectivity index (χ3v) is 10.1. The van der Waals surface area contributed by atoms with Gasteiger partial charge in [0.15, 0.2) is 0 Å². The normalized spacial score (nSPS) is 11.6. The topological polar surface area (TPSA) is 13.1 Å². The highest BCUT2D eigenvalue weighted by atomic mass is 19.1. The largest absolute Gasteiger partial charge is 0.310 e. The smallest absolute Gasteiger partial charge is 0.125 e. The molecule has 0 bridgehead atoms. The van der Waals surface area contributed by atoms with Gasteiger partial charge in [0.1, 0.15) is 5.82 Å². The molecule has 0 amide bonds. The molecular formula is C48H32FN3. The van der Waals surface area contributed by atoms with Crippen LogP contribution in [0.15, 0.2) is 194 Å². The van der Waals surface area contributed by atoms with E-state index in [1.807, 2.05) is 36.4 Å². The van der Waals surface area contributed by atoms with Gasteiger partial charge >= 0.3 is 0 Å². The van der Waals surface area contributed by atoms with Gasteiger partial charge in [0, 0.05) is 50.0 Å². The molecular weight excluding hydrogens is 638 g/mol. The molecule has 0 saturated carbocycles. The minimum absolute atomic E-state index is 0.265. The van der Waals surface area contributed by atoms with E-state index in [1.54, 1.807) is 12.1 Å². The van der Waals surface area contributed by atoms with Crippen LogP contribution in [-0.2, 0) is 0 Å². The maximum atomic E-state index is 14.4. The van der Waals surface area contributed by atoms with Gasteiger partial charge in [-0.3, -0.25) is 0 Å². The molecule has 0 radical (unpaired) electrons. The number of hydrogen-bond donors (Lipinski definition) is 0. The summed E-state index contributed by atoms with van der Waals surface area (Å²) in [6.45, 7) is 0. The van der Waals surface area contributed by atoms with Gasteiger partial charge in [0.2, 0.25) is 0 Å². The second kappa shape index (κ2) is 12.1. The van der Waals surface area contributed by atoms with E-state index in [1.165, 1.54) is 49.8 Å². The van der Waals surface area contributed by atoms with Crippen molar-refractivity contribution in [2.24, 2.45) is 0 Å². The zero-order valence-electron chi connectivity index (χ0n) is 28.2. The molecule has 10 rings (SSSR count). The van der Waals surface area contributed by atoms with Crippen LogP contribution in [-0.4, -0.2) is 9.13 Å². The Morgan fingerprint density at radius 2 is 0.788 bits per heavy atom. The van der Waals surface area contributed by atoms with Gasteiger partial charge in [-0.15, -0.1) is 0 Å². The monoisotopic (exact) mass is 669 g/mol. The van der Waals surface area contributed by atoms with Crippen LogP contribution in [0.1, 0.15) is 0 Å². The Bertz CT molecular complexity index is 2900. The maximum Gasteiger partial charge on any atom is 0.125 e. The number of halogens is 1. The fourth-order valence-corrected chi connectivity index (χ4v) is 7.83. The summed E-state index contributed by atoms with van der Waals surface area (Å²) < 4.78 is 19.1. The Labute approximate surface area is 300 Å². The highest BCUT2D eigenvalue weighted by molar-refractivity contribution is 6.12. The molecule has 2 aromatic heterocycles. The van der Waals surface area contributed by atoms with E-state index in [2.05, 4.69) is 154 Å². The summed E-state index contributed by atoms with van der Waals surface area (Å²) in [5, 5.41) is 4.89. The second-order valence-corrected chi connectivity index (χ2v) is 13.2. The van der Waals surface area contributed by atoms with Crippen LogP contribution in [0.4, 0.5) is 21.5 Å². The van der Waals surface area contributed by atoms with Crippen LogP contribution in [0.5, 0.6) is 0 Å². The Morgan fingerprint density at radius 3 is 1.37 bits per heavy atom. The lowest BCUT2D eigenvalue weighted by Crippen LogP contribution is -2.10. The lowest BCUT2D eigenvalue weighted by atomic mass is 10.0. The molecule has 0 N–H and O–H groups in total. The first-order valence-corrected chi connectivity index (χ1v) is 17.5. The predicted octanol–water partition coefficient (Wildman–Crippen LogP) is 13.2. The number of benzene rings is 8. The number of anilines is 3. The first-order chi connectivity index (χ1) is 25.7. The molecule has 0 aliphatic heterocycles. The lowest BCUT2D eigenvalue weighted by molar-refractivity contribution is 0.628. The van der Waals surface area contributed by atoms with Gasteiger partial charge in [-0.05, 0) is 114 Å². The number of aromatic nitrogens is 2. The molecule has 2 heterocycles. The molecule has 0 spiro atoms. The third kappa shape index (κ3) is 4.88. The molecule has 3 nitrogen and oxygen atoms in total. The van der Waals surface area contributed by atoms with E-state index in [4.69, 9.17) is 0 Å². The minimum atomic E-state index is -0.265. The van der Waals surface area contributed by atoms with Crippen molar-refractivity contribution >= 4 is 60.7 Å². The first kappa shape index (κ1) is 30.0. The van der Waals surface area contributed by atoms with E-state index < -0.39 is 0 Å². The Kier molecular flexibility index (Phi) is 7.00. The highest BCUT2D eigenvalue weighted by Crippen LogP contribution is 2.40. The first-order valence-electron chi connectivity index (χ1n) is 17.5. The zero-order chi connectivity index (χ0) is 34.6. The zero-order valence-corrected chi connectivity index (χ0v) is 28.2. The molecule has 0 atom stereocenters. The molecule has 246 valence electrons. The summed E-state index contributed by atoms with van der Waals surface area (Å²) in [6.07, 6.45) is 0. The summed E-state index contributed by atoms with van der Waals surface area (Å²) in [5.74, 6) is -0.265. The Hall–Kier alpha value is -6.91. The summed E-state index contributed by atoms with van der Waals surface area (Å²) in [7, 11) is 0. The van der Waals surface area contributed by atoms with E-state index in [0.29, 0.717) is 0 Å². The SMILES string of the molecule is Fc1cccc(N(c2ccccc2)c2ccc(-n3c4ccccc4c4cc(-c5ccc6c(c5)c5ccccc5n6-c5ccccc5)ccc43)cc2)c1. The molecule has 0 fully saturated rings. The average molecular weight is 670 g/mol. The van der Waals surface area contributed by atoms with Crippen molar-refractivity contribution < 1.29 is 4.39 Å². The average Bonchev–Trinajstić information content (AvgIpc) is 3.71. The summed E-state index contributed by atoms with van der Waals surface area (Å²) in [5.41, 5.74) is 12.0. The minimum Gasteiger partial charge on any atom is -0.310 e. The fraction of sp³-hybridized carbons (Fsp3) is 0. The van der Waals surface area contributed by atoms with Crippen molar-refractivity contribution in [2.45, 2.75) is 0 Å². The fourth-order valence-electron chi connectivity index (χ4n) is 7.83. The molecule has 0 aliphatic carbocycles. The van der Waals surface area contributed by atoms with Gasteiger partial charge in [0.05, 0.1) is 22.1 Å². The standard InChI is InChI=1S/C48H32FN3/c49-35-12-11-17-40(32-35)50(36-13-3-1-4-14-36)38-24-26-39(27-25-38)52-46-21-10-8-19-42(46)44-31-34(23-29-48(44)52)33-22-28-47-43(30-33)41-18-7-9-20-45(41)51(47)37-15-5-2-6-16-37/h1-32H. The number of para-hydroxylation sites is 4. The predicted molar refractivity (Wildman–Crippen MR) is 215 cm³/mol. The third-order valence-electron chi connectivity index (χ3n) is 10.1. The maximum absolute atomic E-state index is 14.4. The number of rotatable bonds is 6. The molecule has 10 aromatic rings. The van der Waals surface area contributed by atoms with Gasteiger partial charge in [-0.2, -0.15) is 0 Å². The Morgan fingerprint density at radius 1 is 0.327 bits per heavy atom. The van der Waals surface area contributed by atoms with Crippen molar-refractivity contribution in [2.75, 3.05) is 4.90 Å².